The number of hydrogen-bond donors (Lipinski definition) is 2. The van der Waals surface area contributed by atoms with Crippen LogP contribution in [0.5, 0.6) is 5.75 Å². The number of carboxylic acids is 1. The molecular formula is C21H21N3O5. The smallest absolute Gasteiger partial charge is 0.354 e. The molecule has 2 N–H and O–H groups in total. The van der Waals surface area contributed by atoms with Crippen molar-refractivity contribution in [2.45, 2.75) is 25.9 Å². The first-order valence-corrected chi connectivity index (χ1v) is 9.53. The van der Waals surface area contributed by atoms with E-state index in [1.165, 1.54) is 6.07 Å². The highest BCUT2D eigenvalue weighted by atomic mass is 16.5. The summed E-state index contributed by atoms with van der Waals surface area (Å²) in [5.74, 6) is -0.216. The Morgan fingerprint density at radius 3 is 2.69 bits per heavy atom. The molecule has 8 nitrogen and oxygen atoms in total. The molecule has 4 rings (SSSR count). The Morgan fingerprint density at radius 2 is 1.97 bits per heavy atom. The van der Waals surface area contributed by atoms with Crippen molar-refractivity contribution in [2.24, 2.45) is 5.92 Å². The van der Waals surface area contributed by atoms with Crippen molar-refractivity contribution in [3.63, 3.8) is 0 Å². The third-order valence-corrected chi connectivity index (χ3v) is 5.34. The van der Waals surface area contributed by atoms with Gasteiger partial charge in [0.05, 0.1) is 5.69 Å². The summed E-state index contributed by atoms with van der Waals surface area (Å²) in [6, 6.07) is 10.0. The molecule has 2 aliphatic heterocycles. The van der Waals surface area contributed by atoms with Gasteiger partial charge in [0.2, 0.25) is 0 Å². The number of aromatic nitrogens is 1. The van der Waals surface area contributed by atoms with E-state index in [0.29, 0.717) is 48.7 Å². The first kappa shape index (κ1) is 18.9. The molecule has 2 aromatic rings. The van der Waals surface area contributed by atoms with Crippen molar-refractivity contribution in [2.75, 3.05) is 23.3 Å². The summed E-state index contributed by atoms with van der Waals surface area (Å²) in [5.41, 5.74) is 1.08. The summed E-state index contributed by atoms with van der Waals surface area (Å²) >= 11 is 0. The van der Waals surface area contributed by atoms with Crippen LogP contribution in [0.2, 0.25) is 0 Å². The van der Waals surface area contributed by atoms with Crippen molar-refractivity contribution in [3.8, 4) is 5.75 Å². The molecule has 0 bridgehead atoms. The number of nitrogens with zero attached hydrogens (tertiary/aromatic N) is 2. The Hall–Kier alpha value is -3.42. The van der Waals surface area contributed by atoms with Crippen molar-refractivity contribution in [1.82, 2.24) is 4.98 Å². The number of carbonyl (C=O) groups is 3. The number of nitrogens with one attached hydrogen (secondary N) is 1. The molecule has 1 unspecified atom stereocenters. The van der Waals surface area contributed by atoms with E-state index < -0.39 is 12.1 Å². The number of hydrogen-bond acceptors (Lipinski definition) is 6. The average Bonchev–Trinajstić information content (AvgIpc) is 2.74. The summed E-state index contributed by atoms with van der Waals surface area (Å²) < 4.78 is 5.54. The van der Waals surface area contributed by atoms with Gasteiger partial charge in [-0.05, 0) is 50.1 Å². The van der Waals surface area contributed by atoms with Gasteiger partial charge in [0.15, 0.2) is 17.6 Å². The fourth-order valence-electron chi connectivity index (χ4n) is 3.69. The lowest BCUT2D eigenvalue weighted by molar-refractivity contribution is -0.122. The molecule has 1 aromatic carbocycles. The molecule has 1 saturated heterocycles. The van der Waals surface area contributed by atoms with E-state index in [-0.39, 0.29) is 23.3 Å². The summed E-state index contributed by atoms with van der Waals surface area (Å²) in [5, 5.41) is 11.9. The lowest BCUT2D eigenvalue weighted by Gasteiger charge is -2.32. The van der Waals surface area contributed by atoms with Crippen LogP contribution in [0.25, 0.3) is 0 Å². The van der Waals surface area contributed by atoms with E-state index in [9.17, 15) is 14.4 Å². The Bertz CT molecular complexity index is 982. The second kappa shape index (κ2) is 7.54. The van der Waals surface area contributed by atoms with Gasteiger partial charge in [-0.15, -0.1) is 0 Å². The zero-order valence-electron chi connectivity index (χ0n) is 15.9. The minimum Gasteiger partial charge on any atom is -0.479 e. The van der Waals surface area contributed by atoms with Gasteiger partial charge < -0.3 is 20.1 Å². The third kappa shape index (κ3) is 3.78. The van der Waals surface area contributed by atoms with Gasteiger partial charge in [-0.2, -0.15) is 0 Å². The topological polar surface area (TPSA) is 109 Å². The zero-order chi connectivity index (χ0) is 20.5. The van der Waals surface area contributed by atoms with Crippen molar-refractivity contribution in [3.05, 3.63) is 47.7 Å². The maximum Gasteiger partial charge on any atom is 0.354 e. The third-order valence-electron chi connectivity index (χ3n) is 5.34. The minimum atomic E-state index is -1.06. The number of carbonyl (C=O) groups excluding carboxylic acids is 2. The van der Waals surface area contributed by atoms with E-state index in [0.717, 1.165) is 0 Å². The second-order valence-corrected chi connectivity index (χ2v) is 7.27. The summed E-state index contributed by atoms with van der Waals surface area (Å²) in [6.07, 6.45) is 0.741. The number of benzene rings is 1. The number of anilines is 2. The van der Waals surface area contributed by atoms with Gasteiger partial charge >= 0.3 is 5.97 Å². The molecule has 0 radical (unpaired) electrons. The maximum absolute atomic E-state index is 13.0. The number of piperidine rings is 1. The van der Waals surface area contributed by atoms with Crippen LogP contribution in [-0.4, -0.2) is 46.9 Å². The van der Waals surface area contributed by atoms with Gasteiger partial charge in [0.25, 0.3) is 5.91 Å². The number of fused-ring (bicyclic) bond motifs is 1. The average molecular weight is 395 g/mol. The minimum absolute atomic E-state index is 0.00773. The predicted octanol–water partition coefficient (Wildman–Crippen LogP) is 2.60. The maximum atomic E-state index is 13.0. The number of rotatable bonds is 4. The number of amides is 1. The molecule has 1 fully saturated rings. The Morgan fingerprint density at radius 1 is 1.21 bits per heavy atom. The number of ether oxygens (including phenoxy) is 1. The highest BCUT2D eigenvalue weighted by molar-refractivity contribution is 6.02. The number of aromatic carboxylic acids is 1. The van der Waals surface area contributed by atoms with Crippen LogP contribution in [0.1, 0.15) is 40.6 Å². The highest BCUT2D eigenvalue weighted by Gasteiger charge is 2.29. The van der Waals surface area contributed by atoms with E-state index in [2.05, 4.69) is 10.3 Å². The molecular weight excluding hydrogens is 374 g/mol. The molecule has 2 aliphatic rings. The summed E-state index contributed by atoms with van der Waals surface area (Å²) in [4.78, 5) is 42.0. The van der Waals surface area contributed by atoms with E-state index in [4.69, 9.17) is 9.84 Å². The molecule has 0 aliphatic carbocycles. The lowest BCUT2D eigenvalue weighted by atomic mass is 9.88. The predicted molar refractivity (Wildman–Crippen MR) is 106 cm³/mol. The van der Waals surface area contributed by atoms with Gasteiger partial charge in [-0.1, -0.05) is 6.07 Å². The fraction of sp³-hybridized carbons (Fsp3) is 0.333. The molecule has 1 atom stereocenters. The van der Waals surface area contributed by atoms with Crippen LogP contribution >= 0.6 is 0 Å². The molecule has 0 spiro atoms. The Balaban J connectivity index is 1.43. The standard InChI is InChI=1S/C21H21N3O5/c1-12-20(26)23-16-11-14(5-6-17(16)29-12)19(25)13-7-9-24(10-8-13)18-4-2-3-15(22-18)21(27)28/h2-6,11-13H,7-10H2,1H3,(H,23,26)(H,27,28). The summed E-state index contributed by atoms with van der Waals surface area (Å²) in [6.45, 7) is 2.91. The van der Waals surface area contributed by atoms with Gasteiger partial charge in [-0.3, -0.25) is 9.59 Å². The molecule has 8 heteroatoms. The van der Waals surface area contributed by atoms with E-state index in [1.54, 1.807) is 37.3 Å². The van der Waals surface area contributed by atoms with Crippen LogP contribution in [0, 0.1) is 5.92 Å². The number of ketones is 1. The molecule has 1 amide bonds. The van der Waals surface area contributed by atoms with Crippen LogP contribution < -0.4 is 15.0 Å². The molecule has 150 valence electrons. The van der Waals surface area contributed by atoms with Crippen molar-refractivity contribution < 1.29 is 24.2 Å². The lowest BCUT2D eigenvalue weighted by Crippen LogP contribution is -2.37. The van der Waals surface area contributed by atoms with Gasteiger partial charge in [0, 0.05) is 24.6 Å². The SMILES string of the molecule is CC1Oc2ccc(C(=O)C3CCN(c4cccc(C(=O)O)n4)CC3)cc2NC1=O. The second-order valence-electron chi connectivity index (χ2n) is 7.27. The first-order valence-electron chi connectivity index (χ1n) is 9.53. The van der Waals surface area contributed by atoms with Gasteiger partial charge in [-0.25, -0.2) is 9.78 Å². The molecule has 3 heterocycles. The number of carboxylic acid groups (broad SMARTS) is 1. The Kier molecular flexibility index (Phi) is 4.92. The van der Waals surface area contributed by atoms with Crippen LogP contribution in [-0.2, 0) is 4.79 Å². The molecule has 29 heavy (non-hydrogen) atoms. The number of pyridine rings is 1. The van der Waals surface area contributed by atoms with Crippen molar-refractivity contribution in [1.29, 1.82) is 0 Å². The molecule has 0 saturated carbocycles. The normalized spacial score (nSPS) is 19.1. The fourth-order valence-corrected chi connectivity index (χ4v) is 3.69. The van der Waals surface area contributed by atoms with Crippen LogP contribution in [0.15, 0.2) is 36.4 Å². The van der Waals surface area contributed by atoms with Crippen LogP contribution in [0.4, 0.5) is 11.5 Å². The molecule has 1 aromatic heterocycles. The number of Topliss-reactive ketones (excluding diaryl/α,β-unsaturated/α-hetero) is 1. The van der Waals surface area contributed by atoms with Crippen LogP contribution in [0.3, 0.4) is 0 Å². The van der Waals surface area contributed by atoms with E-state index >= 15 is 0 Å². The first-order chi connectivity index (χ1) is 13.9. The Labute approximate surface area is 167 Å². The van der Waals surface area contributed by atoms with Crippen molar-refractivity contribution >= 4 is 29.2 Å². The zero-order valence-corrected chi connectivity index (χ0v) is 15.9. The van der Waals surface area contributed by atoms with Gasteiger partial charge in [0.1, 0.15) is 11.6 Å². The largest absolute Gasteiger partial charge is 0.479 e. The monoisotopic (exact) mass is 395 g/mol. The summed E-state index contributed by atoms with van der Waals surface area (Å²) in [7, 11) is 0. The van der Waals surface area contributed by atoms with E-state index in [1.807, 2.05) is 4.90 Å². The highest BCUT2D eigenvalue weighted by Crippen LogP contribution is 2.32. The quantitative estimate of drug-likeness (QED) is 0.766.